The summed E-state index contributed by atoms with van der Waals surface area (Å²) in [4.78, 5) is 2.45. The first kappa shape index (κ1) is 16.7. The molecule has 1 N–H and O–H groups in total. The van der Waals surface area contributed by atoms with Gasteiger partial charge in [0.15, 0.2) is 6.29 Å². The van der Waals surface area contributed by atoms with Crippen molar-refractivity contribution in [3.63, 3.8) is 0 Å². The minimum absolute atomic E-state index is 0.0339. The number of hydrogen-bond acceptors (Lipinski definition) is 4. The monoisotopic (exact) mass is 317 g/mol. The number of ether oxygens (including phenoxy) is 2. The van der Waals surface area contributed by atoms with E-state index in [2.05, 4.69) is 36.1 Å². The molecule has 1 aromatic rings. The van der Waals surface area contributed by atoms with Gasteiger partial charge in [0.1, 0.15) is 0 Å². The molecule has 4 heteroatoms. The summed E-state index contributed by atoms with van der Waals surface area (Å²) in [5.74, 6) is 0. The maximum Gasteiger partial charge on any atom is 0.157 e. The second-order valence-corrected chi connectivity index (χ2v) is 6.36. The number of hydrogen-bond donors (Lipinski definition) is 1. The SMILES string of the molecule is C[C@H]1C=CC[C@H](CCC2OCCO2)N1[C@@H](CO)c1ccccc1. The van der Waals surface area contributed by atoms with Crippen LogP contribution in [0, 0.1) is 0 Å². The highest BCUT2D eigenvalue weighted by Gasteiger charge is 2.32. The topological polar surface area (TPSA) is 41.9 Å². The molecule has 0 bridgehead atoms. The average molecular weight is 317 g/mol. The highest BCUT2D eigenvalue weighted by Crippen LogP contribution is 2.32. The van der Waals surface area contributed by atoms with Crippen LogP contribution in [0.25, 0.3) is 0 Å². The summed E-state index contributed by atoms with van der Waals surface area (Å²) in [7, 11) is 0. The lowest BCUT2D eigenvalue weighted by Gasteiger charge is -2.43. The zero-order valence-electron chi connectivity index (χ0n) is 13.8. The average Bonchev–Trinajstić information content (AvgIpc) is 3.10. The second kappa shape index (κ2) is 8.06. The van der Waals surface area contributed by atoms with Crippen molar-refractivity contribution < 1.29 is 14.6 Å². The van der Waals surface area contributed by atoms with Crippen LogP contribution in [-0.2, 0) is 9.47 Å². The lowest BCUT2D eigenvalue weighted by molar-refractivity contribution is -0.0550. The Morgan fingerprint density at radius 1 is 1.17 bits per heavy atom. The molecule has 126 valence electrons. The Labute approximate surface area is 138 Å². The van der Waals surface area contributed by atoms with E-state index >= 15 is 0 Å². The van der Waals surface area contributed by atoms with Gasteiger partial charge in [-0.2, -0.15) is 0 Å². The van der Waals surface area contributed by atoms with Gasteiger partial charge in [-0.25, -0.2) is 0 Å². The van der Waals surface area contributed by atoms with Gasteiger partial charge in [0, 0.05) is 12.1 Å². The van der Waals surface area contributed by atoms with Crippen LogP contribution in [-0.4, -0.2) is 48.2 Å². The van der Waals surface area contributed by atoms with Crippen molar-refractivity contribution in [3.8, 4) is 0 Å². The van der Waals surface area contributed by atoms with Crippen LogP contribution in [0.4, 0.5) is 0 Å². The fraction of sp³-hybridized carbons (Fsp3) is 0.579. The first-order chi connectivity index (χ1) is 11.3. The quantitative estimate of drug-likeness (QED) is 0.819. The molecular formula is C19H27NO3. The number of aliphatic hydroxyl groups excluding tert-OH is 1. The lowest BCUT2D eigenvalue weighted by Crippen LogP contribution is -2.46. The molecular weight excluding hydrogens is 290 g/mol. The zero-order valence-corrected chi connectivity index (χ0v) is 13.8. The van der Waals surface area contributed by atoms with Crippen LogP contribution in [0.2, 0.25) is 0 Å². The first-order valence-corrected chi connectivity index (χ1v) is 8.62. The largest absolute Gasteiger partial charge is 0.394 e. The number of benzene rings is 1. The molecule has 2 aliphatic heterocycles. The summed E-state index contributed by atoms with van der Waals surface area (Å²) >= 11 is 0. The number of aliphatic hydroxyl groups is 1. The van der Waals surface area contributed by atoms with Crippen molar-refractivity contribution in [2.75, 3.05) is 19.8 Å². The molecule has 0 aromatic heterocycles. The summed E-state index contributed by atoms with van der Waals surface area (Å²) in [6.07, 6.45) is 7.40. The van der Waals surface area contributed by atoms with Gasteiger partial charge in [-0.1, -0.05) is 42.5 Å². The minimum atomic E-state index is -0.0534. The van der Waals surface area contributed by atoms with E-state index in [1.54, 1.807) is 0 Å². The molecule has 3 atom stereocenters. The minimum Gasteiger partial charge on any atom is -0.394 e. The van der Waals surface area contributed by atoms with E-state index in [0.717, 1.165) is 19.3 Å². The fourth-order valence-corrected chi connectivity index (χ4v) is 3.74. The van der Waals surface area contributed by atoms with E-state index in [-0.39, 0.29) is 18.9 Å². The van der Waals surface area contributed by atoms with Crippen LogP contribution in [0.3, 0.4) is 0 Å². The van der Waals surface area contributed by atoms with Gasteiger partial charge in [-0.15, -0.1) is 0 Å². The van der Waals surface area contributed by atoms with E-state index in [0.29, 0.717) is 25.3 Å². The molecule has 0 radical (unpaired) electrons. The van der Waals surface area contributed by atoms with Crippen molar-refractivity contribution in [1.82, 2.24) is 4.90 Å². The Morgan fingerprint density at radius 2 is 1.91 bits per heavy atom. The molecule has 1 aromatic carbocycles. The van der Waals surface area contributed by atoms with E-state index in [9.17, 15) is 5.11 Å². The van der Waals surface area contributed by atoms with Crippen molar-refractivity contribution in [2.45, 2.75) is 50.6 Å². The van der Waals surface area contributed by atoms with Crippen molar-refractivity contribution in [2.24, 2.45) is 0 Å². The highest BCUT2D eigenvalue weighted by atomic mass is 16.7. The lowest BCUT2D eigenvalue weighted by atomic mass is 9.93. The Hall–Kier alpha value is -1.20. The number of rotatable bonds is 6. The van der Waals surface area contributed by atoms with Crippen LogP contribution in [0.5, 0.6) is 0 Å². The molecule has 1 fully saturated rings. The van der Waals surface area contributed by atoms with Crippen molar-refractivity contribution in [1.29, 1.82) is 0 Å². The molecule has 0 amide bonds. The third kappa shape index (κ3) is 4.01. The smallest absolute Gasteiger partial charge is 0.157 e. The normalized spacial score (nSPS) is 27.4. The van der Waals surface area contributed by atoms with Gasteiger partial charge in [0.05, 0.1) is 25.9 Å². The second-order valence-electron chi connectivity index (χ2n) is 6.36. The van der Waals surface area contributed by atoms with Gasteiger partial charge in [0.2, 0.25) is 0 Å². The summed E-state index contributed by atoms with van der Waals surface area (Å²) in [6, 6.07) is 11.1. The molecule has 23 heavy (non-hydrogen) atoms. The summed E-state index contributed by atoms with van der Waals surface area (Å²) in [5, 5.41) is 10.0. The third-order valence-corrected chi connectivity index (χ3v) is 4.86. The predicted molar refractivity (Wildman–Crippen MR) is 90.0 cm³/mol. The maximum atomic E-state index is 10.0. The standard InChI is InChI=1S/C19H27NO3/c1-15-6-5-9-17(10-11-19-22-12-13-23-19)20(15)18(14-21)16-7-3-2-4-8-16/h2-8,15,17-19,21H,9-14H2,1H3/t15-,17+,18-/m0/s1. The molecule has 0 aliphatic carbocycles. The number of nitrogens with zero attached hydrogens (tertiary/aromatic N) is 1. The van der Waals surface area contributed by atoms with Crippen LogP contribution < -0.4 is 0 Å². The van der Waals surface area contributed by atoms with Gasteiger partial charge >= 0.3 is 0 Å². The van der Waals surface area contributed by atoms with Gasteiger partial charge in [-0.3, -0.25) is 4.90 Å². The van der Waals surface area contributed by atoms with Crippen LogP contribution in [0.1, 0.15) is 37.8 Å². The Morgan fingerprint density at radius 3 is 2.61 bits per heavy atom. The van der Waals surface area contributed by atoms with Crippen molar-refractivity contribution in [3.05, 3.63) is 48.0 Å². The van der Waals surface area contributed by atoms with E-state index in [1.165, 1.54) is 5.56 Å². The summed E-state index contributed by atoms with van der Waals surface area (Å²) in [5.41, 5.74) is 1.18. The predicted octanol–water partition coefficient (Wildman–Crippen LogP) is 2.89. The summed E-state index contributed by atoms with van der Waals surface area (Å²) in [6.45, 7) is 3.75. The Balaban J connectivity index is 1.72. The van der Waals surface area contributed by atoms with E-state index < -0.39 is 0 Å². The molecule has 1 saturated heterocycles. The molecule has 2 aliphatic rings. The third-order valence-electron chi connectivity index (χ3n) is 4.86. The summed E-state index contributed by atoms with van der Waals surface area (Å²) < 4.78 is 11.1. The molecule has 0 unspecified atom stereocenters. The van der Waals surface area contributed by atoms with Crippen LogP contribution in [0.15, 0.2) is 42.5 Å². The zero-order chi connectivity index (χ0) is 16.1. The van der Waals surface area contributed by atoms with Crippen LogP contribution >= 0.6 is 0 Å². The van der Waals surface area contributed by atoms with Gasteiger partial charge in [-0.05, 0) is 31.7 Å². The maximum absolute atomic E-state index is 10.0. The molecule has 3 rings (SSSR count). The molecule has 0 spiro atoms. The van der Waals surface area contributed by atoms with Crippen molar-refractivity contribution >= 4 is 0 Å². The van der Waals surface area contributed by atoms with E-state index in [4.69, 9.17) is 9.47 Å². The van der Waals surface area contributed by atoms with E-state index in [1.807, 2.05) is 18.2 Å². The molecule has 0 saturated carbocycles. The molecule has 2 heterocycles. The fourth-order valence-electron chi connectivity index (χ4n) is 3.74. The Kier molecular flexibility index (Phi) is 5.84. The van der Waals surface area contributed by atoms with Gasteiger partial charge in [0.25, 0.3) is 0 Å². The Bertz CT molecular complexity index is 499. The highest BCUT2D eigenvalue weighted by molar-refractivity contribution is 5.21. The first-order valence-electron chi connectivity index (χ1n) is 8.62. The van der Waals surface area contributed by atoms with Gasteiger partial charge < -0.3 is 14.6 Å². The molecule has 4 nitrogen and oxygen atoms in total.